The molecular formula is C15H27NO6P2. The predicted molar refractivity (Wildman–Crippen MR) is 93.8 cm³/mol. The van der Waals surface area contributed by atoms with E-state index >= 15 is 0 Å². The highest BCUT2D eigenvalue weighted by atomic mass is 31.2. The van der Waals surface area contributed by atoms with Gasteiger partial charge in [0.2, 0.25) is 0 Å². The number of aliphatic hydroxyl groups is 1. The van der Waals surface area contributed by atoms with Crippen molar-refractivity contribution < 1.29 is 28.4 Å². The van der Waals surface area contributed by atoms with Crippen LogP contribution in [0.5, 0.6) is 0 Å². The Labute approximate surface area is 144 Å². The van der Waals surface area contributed by atoms with Gasteiger partial charge in [0.05, 0.1) is 25.1 Å². The number of hydrogen-bond acceptors (Lipinski definition) is 6. The Morgan fingerprint density at radius 1 is 1.25 bits per heavy atom. The minimum absolute atomic E-state index is 0.0784. The van der Waals surface area contributed by atoms with Gasteiger partial charge in [-0.05, 0) is 25.0 Å². The van der Waals surface area contributed by atoms with Crippen molar-refractivity contribution in [1.82, 2.24) is 4.98 Å². The highest BCUT2D eigenvalue weighted by molar-refractivity contribution is 7.51. The van der Waals surface area contributed by atoms with Crippen LogP contribution < -0.4 is 0 Å². The molecule has 138 valence electrons. The summed E-state index contributed by atoms with van der Waals surface area (Å²) < 4.78 is 33.8. The maximum absolute atomic E-state index is 12.0. The van der Waals surface area contributed by atoms with Crippen LogP contribution in [0.1, 0.15) is 50.9 Å². The van der Waals surface area contributed by atoms with E-state index in [0.29, 0.717) is 6.42 Å². The lowest BCUT2D eigenvalue weighted by atomic mass is 10.3. The predicted octanol–water partition coefficient (Wildman–Crippen LogP) is 3.26. The molecule has 0 aliphatic rings. The van der Waals surface area contributed by atoms with Crippen molar-refractivity contribution in [3.63, 3.8) is 0 Å². The third kappa shape index (κ3) is 7.14. The SMILES string of the molecule is CCCCOC(O)([PH2]=O)c1cccc(CP(=O)(O)OCCCC)n1. The highest BCUT2D eigenvalue weighted by Crippen LogP contribution is 2.45. The molecule has 1 heterocycles. The topological polar surface area (TPSA) is 106 Å². The van der Waals surface area contributed by atoms with E-state index in [1.807, 2.05) is 13.8 Å². The van der Waals surface area contributed by atoms with Crippen LogP contribution in [0, 0.1) is 0 Å². The molecule has 0 saturated carbocycles. The van der Waals surface area contributed by atoms with Crippen molar-refractivity contribution in [2.45, 2.75) is 51.2 Å². The Bertz CT molecular complexity index is 571. The van der Waals surface area contributed by atoms with Crippen LogP contribution in [0.25, 0.3) is 0 Å². The van der Waals surface area contributed by atoms with Crippen LogP contribution in [0.2, 0.25) is 0 Å². The Kier molecular flexibility index (Phi) is 9.35. The van der Waals surface area contributed by atoms with E-state index in [-0.39, 0.29) is 30.8 Å². The fraction of sp³-hybridized carbons (Fsp3) is 0.667. The second-order valence-electron chi connectivity index (χ2n) is 5.51. The zero-order valence-electron chi connectivity index (χ0n) is 14.2. The van der Waals surface area contributed by atoms with Crippen molar-refractivity contribution in [1.29, 1.82) is 0 Å². The van der Waals surface area contributed by atoms with Gasteiger partial charge in [-0.1, -0.05) is 32.8 Å². The largest absolute Gasteiger partial charge is 0.355 e. The Hall–Kier alpha value is -0.550. The first kappa shape index (κ1) is 21.5. The molecule has 1 aromatic rings. The lowest BCUT2D eigenvalue weighted by molar-refractivity contribution is -0.145. The van der Waals surface area contributed by atoms with Crippen molar-refractivity contribution in [3.05, 3.63) is 29.6 Å². The van der Waals surface area contributed by atoms with E-state index in [2.05, 4.69) is 4.98 Å². The highest BCUT2D eigenvalue weighted by Gasteiger charge is 2.31. The summed E-state index contributed by atoms with van der Waals surface area (Å²) in [5.74, 6) is 0. The molecule has 0 saturated heterocycles. The molecule has 0 aliphatic heterocycles. The molecule has 0 spiro atoms. The number of pyridine rings is 1. The van der Waals surface area contributed by atoms with E-state index in [0.717, 1.165) is 19.3 Å². The number of nitrogens with zero attached hydrogens (tertiary/aromatic N) is 1. The Balaban J connectivity index is 2.84. The van der Waals surface area contributed by atoms with Crippen LogP contribution >= 0.6 is 16.1 Å². The summed E-state index contributed by atoms with van der Waals surface area (Å²) in [6.07, 6.45) is 2.88. The summed E-state index contributed by atoms with van der Waals surface area (Å²) in [6.45, 7) is 4.40. The van der Waals surface area contributed by atoms with Gasteiger partial charge in [-0.15, -0.1) is 0 Å². The first-order valence-corrected chi connectivity index (χ1v) is 10.9. The first-order valence-electron chi connectivity index (χ1n) is 8.12. The lowest BCUT2D eigenvalue weighted by Crippen LogP contribution is -2.25. The molecule has 1 aromatic heterocycles. The van der Waals surface area contributed by atoms with E-state index < -0.39 is 21.6 Å². The van der Waals surface area contributed by atoms with Crippen molar-refractivity contribution in [2.24, 2.45) is 0 Å². The molecular weight excluding hydrogens is 352 g/mol. The van der Waals surface area contributed by atoms with Gasteiger partial charge in [0.25, 0.3) is 5.53 Å². The summed E-state index contributed by atoms with van der Waals surface area (Å²) in [6, 6.07) is 4.62. The molecule has 2 N–H and O–H groups in total. The quantitative estimate of drug-likeness (QED) is 0.326. The summed E-state index contributed by atoms with van der Waals surface area (Å²) >= 11 is 0. The summed E-state index contributed by atoms with van der Waals surface area (Å²) in [5, 5.41) is 10.4. The third-order valence-corrected chi connectivity index (χ3v) is 5.40. The number of ether oxygens (including phenoxy) is 1. The maximum Gasteiger partial charge on any atom is 0.334 e. The molecule has 0 bridgehead atoms. The first-order chi connectivity index (χ1) is 11.4. The van der Waals surface area contributed by atoms with Crippen molar-refractivity contribution in [2.75, 3.05) is 13.2 Å². The Morgan fingerprint density at radius 3 is 2.54 bits per heavy atom. The zero-order valence-corrected chi connectivity index (χ0v) is 16.2. The molecule has 24 heavy (non-hydrogen) atoms. The molecule has 0 aromatic carbocycles. The molecule has 3 atom stereocenters. The molecule has 7 nitrogen and oxygen atoms in total. The minimum atomic E-state index is -3.81. The number of aromatic nitrogens is 1. The molecule has 3 unspecified atom stereocenters. The fourth-order valence-electron chi connectivity index (χ4n) is 1.91. The van der Waals surface area contributed by atoms with Crippen LogP contribution in [0.3, 0.4) is 0 Å². The maximum atomic E-state index is 12.0. The monoisotopic (exact) mass is 379 g/mol. The van der Waals surface area contributed by atoms with Gasteiger partial charge in [0, 0.05) is 0 Å². The average Bonchev–Trinajstić information content (AvgIpc) is 2.55. The zero-order chi connectivity index (χ0) is 18.1. The van der Waals surface area contributed by atoms with Gasteiger partial charge >= 0.3 is 7.60 Å². The molecule has 0 fully saturated rings. The van der Waals surface area contributed by atoms with Gasteiger partial charge in [0.1, 0.15) is 14.2 Å². The summed E-state index contributed by atoms with van der Waals surface area (Å²) in [7, 11) is -5.50. The minimum Gasteiger partial charge on any atom is -0.355 e. The number of rotatable bonds is 12. The standard InChI is InChI=1S/C15H27NO6P2/c1-3-5-10-21-15(17,23-18)14-9-7-8-13(16-14)12-24(19,20)22-11-6-4-2/h7-9,17H,3-6,10-12,23H2,1-2H3,(H,19,20). The van der Waals surface area contributed by atoms with Gasteiger partial charge < -0.3 is 23.8 Å². The van der Waals surface area contributed by atoms with E-state index in [1.54, 1.807) is 12.1 Å². The molecule has 0 amide bonds. The van der Waals surface area contributed by atoms with E-state index in [4.69, 9.17) is 9.26 Å². The molecule has 1 rings (SSSR count). The normalized spacial score (nSPS) is 17.0. The second kappa shape index (κ2) is 10.4. The van der Waals surface area contributed by atoms with E-state index in [1.165, 1.54) is 6.07 Å². The number of unbranched alkanes of at least 4 members (excludes halogenated alkanes) is 2. The van der Waals surface area contributed by atoms with Gasteiger partial charge in [-0.3, -0.25) is 9.55 Å². The van der Waals surface area contributed by atoms with Gasteiger partial charge in [-0.25, -0.2) is 0 Å². The third-order valence-electron chi connectivity index (χ3n) is 3.31. The van der Waals surface area contributed by atoms with Crippen LogP contribution in [-0.4, -0.2) is 28.2 Å². The van der Waals surface area contributed by atoms with Crippen LogP contribution in [-0.2, 0) is 30.1 Å². The van der Waals surface area contributed by atoms with Crippen LogP contribution in [0.4, 0.5) is 0 Å². The smallest absolute Gasteiger partial charge is 0.334 e. The second-order valence-corrected chi connectivity index (χ2v) is 8.38. The number of hydrogen-bond donors (Lipinski definition) is 2. The summed E-state index contributed by atoms with van der Waals surface area (Å²) in [5.41, 5.74) is -1.59. The average molecular weight is 379 g/mol. The molecule has 0 aliphatic carbocycles. The van der Waals surface area contributed by atoms with Crippen molar-refractivity contribution >= 4 is 16.1 Å². The molecule has 9 heteroatoms. The fourth-order valence-corrected chi connectivity index (χ4v) is 3.47. The van der Waals surface area contributed by atoms with E-state index in [9.17, 15) is 19.1 Å². The molecule has 0 radical (unpaired) electrons. The summed E-state index contributed by atoms with van der Waals surface area (Å²) in [4.78, 5) is 14.0. The Morgan fingerprint density at radius 2 is 1.92 bits per heavy atom. The van der Waals surface area contributed by atoms with Gasteiger partial charge in [0.15, 0.2) is 0 Å². The van der Waals surface area contributed by atoms with Crippen molar-refractivity contribution in [3.8, 4) is 0 Å². The lowest BCUT2D eigenvalue weighted by Gasteiger charge is -2.23. The van der Waals surface area contributed by atoms with Crippen LogP contribution in [0.15, 0.2) is 18.2 Å². The van der Waals surface area contributed by atoms with Gasteiger partial charge in [-0.2, -0.15) is 0 Å².